The van der Waals surface area contributed by atoms with Crippen LogP contribution < -0.4 is 4.74 Å². The monoisotopic (exact) mass is 339 g/mol. The van der Waals surface area contributed by atoms with E-state index in [-0.39, 0.29) is 16.2 Å². The minimum Gasteiger partial charge on any atom is -0.487 e. The van der Waals surface area contributed by atoms with Gasteiger partial charge in [0.25, 0.3) is 5.69 Å². The lowest BCUT2D eigenvalue weighted by atomic mass is 9.81. The van der Waals surface area contributed by atoms with Gasteiger partial charge in [-0.1, -0.05) is 23.3 Å². The molecule has 0 heterocycles. The third kappa shape index (κ3) is 2.78. The molecule has 1 aromatic rings. The minimum atomic E-state index is -0.379. The van der Waals surface area contributed by atoms with E-state index in [2.05, 4.69) is 32.9 Å². The van der Waals surface area contributed by atoms with Crippen LogP contribution in [0.3, 0.4) is 0 Å². The van der Waals surface area contributed by atoms with Crippen LogP contribution in [0, 0.1) is 33.8 Å². The number of ether oxygens (including phenoxy) is 1. The predicted octanol–water partition coefficient (Wildman–Crippen LogP) is 5.30. The minimum absolute atomic E-state index is 0.0973. The number of hydrogen-bond donors (Lipinski definition) is 0. The molecule has 0 spiro atoms. The van der Waals surface area contributed by atoms with Crippen LogP contribution in [-0.2, 0) is 0 Å². The molecule has 4 rings (SSSR count). The van der Waals surface area contributed by atoms with E-state index in [0.29, 0.717) is 11.7 Å². The lowest BCUT2D eigenvalue weighted by molar-refractivity contribution is -0.384. The van der Waals surface area contributed by atoms with E-state index in [0.717, 1.165) is 30.6 Å². The van der Waals surface area contributed by atoms with Crippen molar-refractivity contribution in [2.24, 2.45) is 23.7 Å². The van der Waals surface area contributed by atoms with E-state index in [1.54, 1.807) is 23.3 Å². The quantitative estimate of drug-likeness (QED) is 0.415. The molecule has 0 aliphatic heterocycles. The molecule has 3 aliphatic carbocycles. The van der Waals surface area contributed by atoms with Gasteiger partial charge in [0.05, 0.1) is 4.92 Å². The number of hydrogen-bond acceptors (Lipinski definition) is 3. The molecular formula is C21H25NO3. The molecule has 0 unspecified atom stereocenters. The third-order valence-corrected chi connectivity index (χ3v) is 6.30. The number of fused-ring (bicyclic) bond motifs is 1. The Morgan fingerprint density at radius 2 is 1.96 bits per heavy atom. The van der Waals surface area contributed by atoms with Crippen molar-refractivity contribution < 1.29 is 9.66 Å². The Bertz CT molecular complexity index is 760. The number of nitro groups is 1. The van der Waals surface area contributed by atoms with Gasteiger partial charge in [-0.2, -0.15) is 0 Å². The van der Waals surface area contributed by atoms with Gasteiger partial charge >= 0.3 is 0 Å². The molecular weight excluding hydrogens is 314 g/mol. The van der Waals surface area contributed by atoms with Crippen LogP contribution in [0.1, 0.15) is 40.0 Å². The Morgan fingerprint density at radius 1 is 1.24 bits per heavy atom. The molecule has 1 fully saturated rings. The Labute approximate surface area is 148 Å². The summed E-state index contributed by atoms with van der Waals surface area (Å²) in [5.41, 5.74) is 2.97. The maximum Gasteiger partial charge on any atom is 0.269 e. The van der Waals surface area contributed by atoms with E-state index in [1.165, 1.54) is 18.6 Å². The van der Waals surface area contributed by atoms with Gasteiger partial charge in [0, 0.05) is 18.1 Å². The van der Waals surface area contributed by atoms with Crippen LogP contribution in [0.5, 0.6) is 5.75 Å². The smallest absolute Gasteiger partial charge is 0.269 e. The molecule has 0 amide bonds. The average molecular weight is 339 g/mol. The van der Waals surface area contributed by atoms with Crippen LogP contribution in [0.4, 0.5) is 5.69 Å². The van der Waals surface area contributed by atoms with Crippen molar-refractivity contribution in [3.63, 3.8) is 0 Å². The summed E-state index contributed by atoms with van der Waals surface area (Å²) >= 11 is 0. The highest BCUT2D eigenvalue weighted by Gasteiger charge is 2.56. The Hall–Kier alpha value is -2.10. The SMILES string of the molecule is CC1=C([C@H]2[C@H]3C=CC[C@H]32)[C@@H](C(C)(C)Oc2ccc([N+](=O)[O-])cc2)CC1. The summed E-state index contributed by atoms with van der Waals surface area (Å²) in [6, 6.07) is 6.44. The summed E-state index contributed by atoms with van der Waals surface area (Å²) in [6.45, 7) is 6.60. The summed E-state index contributed by atoms with van der Waals surface area (Å²) in [5.74, 6) is 3.42. The van der Waals surface area contributed by atoms with Crippen molar-refractivity contribution in [2.45, 2.75) is 45.6 Å². The van der Waals surface area contributed by atoms with Gasteiger partial charge in [-0.05, 0) is 69.9 Å². The van der Waals surface area contributed by atoms with Crippen molar-refractivity contribution in [1.82, 2.24) is 0 Å². The summed E-state index contributed by atoms with van der Waals surface area (Å²) in [7, 11) is 0. The Morgan fingerprint density at radius 3 is 2.56 bits per heavy atom. The van der Waals surface area contributed by atoms with Crippen LogP contribution in [0.2, 0.25) is 0 Å². The maximum atomic E-state index is 10.8. The maximum absolute atomic E-state index is 10.8. The highest BCUT2D eigenvalue weighted by molar-refractivity contribution is 5.39. The first-order chi connectivity index (χ1) is 11.9. The van der Waals surface area contributed by atoms with Crippen molar-refractivity contribution in [3.8, 4) is 5.75 Å². The lowest BCUT2D eigenvalue weighted by Gasteiger charge is -2.35. The zero-order chi connectivity index (χ0) is 17.8. The van der Waals surface area contributed by atoms with E-state index < -0.39 is 0 Å². The highest BCUT2D eigenvalue weighted by Crippen LogP contribution is 2.62. The Kier molecular flexibility index (Phi) is 3.75. The lowest BCUT2D eigenvalue weighted by Crippen LogP contribution is -2.38. The van der Waals surface area contributed by atoms with Gasteiger partial charge in [0.15, 0.2) is 0 Å². The fourth-order valence-electron chi connectivity index (χ4n) is 5.01. The average Bonchev–Trinajstić information content (AvgIpc) is 2.90. The van der Waals surface area contributed by atoms with Crippen molar-refractivity contribution in [2.75, 3.05) is 0 Å². The molecule has 1 aromatic carbocycles. The fraction of sp³-hybridized carbons (Fsp3) is 0.524. The van der Waals surface area contributed by atoms with E-state index in [9.17, 15) is 10.1 Å². The topological polar surface area (TPSA) is 52.4 Å². The third-order valence-electron chi connectivity index (χ3n) is 6.30. The summed E-state index contributed by atoms with van der Waals surface area (Å²) < 4.78 is 6.32. The molecule has 4 heteroatoms. The zero-order valence-corrected chi connectivity index (χ0v) is 15.1. The summed E-state index contributed by atoms with van der Waals surface area (Å²) in [5, 5.41) is 10.8. The van der Waals surface area contributed by atoms with Gasteiger partial charge in [-0.3, -0.25) is 10.1 Å². The van der Waals surface area contributed by atoms with Crippen LogP contribution >= 0.6 is 0 Å². The second kappa shape index (κ2) is 5.72. The molecule has 25 heavy (non-hydrogen) atoms. The number of allylic oxidation sites excluding steroid dienone is 3. The first-order valence-electron chi connectivity index (χ1n) is 9.18. The number of rotatable bonds is 5. The Balaban J connectivity index is 1.53. The second-order valence-corrected chi connectivity index (χ2v) is 8.21. The van der Waals surface area contributed by atoms with Crippen LogP contribution in [0.15, 0.2) is 47.6 Å². The molecule has 1 saturated carbocycles. The van der Waals surface area contributed by atoms with E-state index in [1.807, 2.05) is 0 Å². The van der Waals surface area contributed by atoms with Gasteiger partial charge in [0.2, 0.25) is 0 Å². The van der Waals surface area contributed by atoms with Gasteiger partial charge < -0.3 is 4.74 Å². The van der Waals surface area contributed by atoms with Gasteiger partial charge in [-0.25, -0.2) is 0 Å². The molecule has 132 valence electrons. The molecule has 0 aromatic heterocycles. The molecule has 3 aliphatic rings. The first-order valence-corrected chi connectivity index (χ1v) is 9.18. The standard InChI is InChI=1S/C21H25NO3/c1-13-7-12-18(19(13)20-16-5-4-6-17(16)20)21(2,3)25-15-10-8-14(9-11-15)22(23)24/h4-5,8-11,16-18,20H,6-7,12H2,1-3H3/t16-,17+,18-,20-/m0/s1. The fourth-order valence-corrected chi connectivity index (χ4v) is 5.01. The van der Waals surface area contributed by atoms with Crippen molar-refractivity contribution in [1.29, 1.82) is 0 Å². The largest absolute Gasteiger partial charge is 0.487 e. The number of benzene rings is 1. The normalized spacial score (nSPS) is 30.5. The van der Waals surface area contributed by atoms with E-state index >= 15 is 0 Å². The molecule has 0 radical (unpaired) electrons. The van der Waals surface area contributed by atoms with Crippen molar-refractivity contribution >= 4 is 5.69 Å². The summed E-state index contributed by atoms with van der Waals surface area (Å²) in [6.07, 6.45) is 8.25. The summed E-state index contributed by atoms with van der Waals surface area (Å²) in [4.78, 5) is 10.4. The van der Waals surface area contributed by atoms with E-state index in [4.69, 9.17) is 4.74 Å². The predicted molar refractivity (Wildman–Crippen MR) is 97.5 cm³/mol. The number of non-ortho nitro benzene ring substituents is 1. The molecule has 0 N–H and O–H groups in total. The second-order valence-electron chi connectivity index (χ2n) is 8.21. The zero-order valence-electron chi connectivity index (χ0n) is 15.1. The van der Waals surface area contributed by atoms with Crippen molar-refractivity contribution in [3.05, 3.63) is 57.7 Å². The van der Waals surface area contributed by atoms with Crippen LogP contribution in [0.25, 0.3) is 0 Å². The number of nitro benzene ring substituents is 1. The van der Waals surface area contributed by atoms with Gasteiger partial charge in [0.1, 0.15) is 11.4 Å². The number of nitrogens with zero attached hydrogens (tertiary/aromatic N) is 1. The van der Waals surface area contributed by atoms with Gasteiger partial charge in [-0.15, -0.1) is 0 Å². The molecule has 0 bridgehead atoms. The first kappa shape index (κ1) is 16.4. The molecule has 4 nitrogen and oxygen atoms in total. The molecule has 4 atom stereocenters. The molecule has 0 saturated heterocycles. The highest BCUT2D eigenvalue weighted by atomic mass is 16.6. The van der Waals surface area contributed by atoms with Crippen LogP contribution in [-0.4, -0.2) is 10.5 Å².